The molecule has 0 aromatic carbocycles. The molecule has 6 nitrogen and oxygen atoms in total. The van der Waals surface area contributed by atoms with E-state index in [0.29, 0.717) is 12.8 Å². The summed E-state index contributed by atoms with van der Waals surface area (Å²) in [4.78, 5) is 34.7. The number of amides is 1. The van der Waals surface area contributed by atoms with Crippen molar-refractivity contribution in [2.45, 2.75) is 57.5 Å². The zero-order valence-corrected chi connectivity index (χ0v) is 12.9. The van der Waals surface area contributed by atoms with Crippen LogP contribution in [-0.2, 0) is 16.1 Å². The average molecular weight is 312 g/mol. The van der Waals surface area contributed by atoms with Crippen LogP contribution in [0.15, 0.2) is 10.2 Å². The summed E-state index contributed by atoms with van der Waals surface area (Å²) in [6.07, 6.45) is 4.22. The number of hydrogen-bond acceptors (Lipinski definition) is 4. The van der Waals surface area contributed by atoms with Gasteiger partial charge in [0.2, 0.25) is 5.91 Å². The highest BCUT2D eigenvalue weighted by Crippen LogP contribution is 2.31. The Morgan fingerprint density at radius 1 is 1.38 bits per heavy atom. The topological polar surface area (TPSA) is 88.4 Å². The Labute approximate surface area is 126 Å². The van der Waals surface area contributed by atoms with Crippen molar-refractivity contribution in [1.82, 2.24) is 9.88 Å². The Hall–Kier alpha value is -1.63. The van der Waals surface area contributed by atoms with Gasteiger partial charge in [-0.25, -0.2) is 0 Å². The molecule has 1 aromatic rings. The fourth-order valence-corrected chi connectivity index (χ4v) is 3.67. The van der Waals surface area contributed by atoms with Crippen molar-refractivity contribution in [3.05, 3.63) is 20.7 Å². The number of aliphatic carboxylic acids is 1. The average Bonchev–Trinajstić information content (AvgIpc) is 2.70. The van der Waals surface area contributed by atoms with E-state index in [-0.39, 0.29) is 23.7 Å². The van der Waals surface area contributed by atoms with Crippen LogP contribution in [-0.4, -0.2) is 27.1 Å². The zero-order chi connectivity index (χ0) is 15.5. The number of nitrogens with zero attached hydrogens (tertiary/aromatic N) is 1. The van der Waals surface area contributed by atoms with Crippen molar-refractivity contribution < 1.29 is 14.7 Å². The summed E-state index contributed by atoms with van der Waals surface area (Å²) in [6, 6.07) is 0. The first-order valence-corrected chi connectivity index (χ1v) is 7.98. The van der Waals surface area contributed by atoms with Crippen LogP contribution in [0.3, 0.4) is 0 Å². The molecule has 116 valence electrons. The van der Waals surface area contributed by atoms with Crippen LogP contribution < -0.4 is 10.2 Å². The van der Waals surface area contributed by atoms with Crippen LogP contribution in [0.4, 0.5) is 0 Å². The van der Waals surface area contributed by atoms with Gasteiger partial charge >= 0.3 is 10.8 Å². The Kier molecular flexibility index (Phi) is 4.82. The summed E-state index contributed by atoms with van der Waals surface area (Å²) >= 11 is 1.06. The van der Waals surface area contributed by atoms with Crippen molar-refractivity contribution in [3.63, 3.8) is 0 Å². The van der Waals surface area contributed by atoms with E-state index in [1.807, 2.05) is 0 Å². The summed E-state index contributed by atoms with van der Waals surface area (Å²) in [7, 11) is 0. The van der Waals surface area contributed by atoms with Gasteiger partial charge in [-0.2, -0.15) is 0 Å². The van der Waals surface area contributed by atoms with Gasteiger partial charge in [-0.3, -0.25) is 19.0 Å². The number of thiazole rings is 1. The molecule has 1 aromatic heterocycles. The molecular formula is C14H20N2O4S. The number of carboxylic acids is 1. The first kappa shape index (κ1) is 15.8. The van der Waals surface area contributed by atoms with Gasteiger partial charge in [-0.15, -0.1) is 0 Å². The second-order valence-electron chi connectivity index (χ2n) is 5.69. The third kappa shape index (κ3) is 3.93. The summed E-state index contributed by atoms with van der Waals surface area (Å²) < 4.78 is 1.41. The van der Waals surface area contributed by atoms with E-state index in [4.69, 9.17) is 5.11 Å². The number of aryl methyl sites for hydroxylation is 1. The highest BCUT2D eigenvalue weighted by molar-refractivity contribution is 7.07. The maximum absolute atomic E-state index is 12.2. The monoisotopic (exact) mass is 312 g/mol. The lowest BCUT2D eigenvalue weighted by Crippen LogP contribution is -2.52. The summed E-state index contributed by atoms with van der Waals surface area (Å²) in [5, 5.41) is 13.7. The molecule has 1 fully saturated rings. The SMILES string of the molecule is Cc1csc(=O)n1CC(=O)NC1(CC(=O)O)CCCCC1. The number of hydrogen-bond donors (Lipinski definition) is 2. The second kappa shape index (κ2) is 6.43. The minimum atomic E-state index is -0.902. The van der Waals surface area contributed by atoms with E-state index < -0.39 is 11.5 Å². The molecule has 0 unspecified atom stereocenters. The third-order valence-electron chi connectivity index (χ3n) is 3.98. The number of rotatable bonds is 5. The normalized spacial score (nSPS) is 17.4. The standard InChI is InChI=1S/C14H20N2O4S/c1-10-9-21-13(20)16(10)8-11(17)15-14(7-12(18)19)5-3-2-4-6-14/h9H,2-8H2,1H3,(H,15,17)(H,18,19). The van der Waals surface area contributed by atoms with E-state index in [1.54, 1.807) is 12.3 Å². The van der Waals surface area contributed by atoms with Crippen molar-refractivity contribution in [2.75, 3.05) is 0 Å². The summed E-state index contributed by atoms with van der Waals surface area (Å²) in [5.74, 6) is -1.19. The smallest absolute Gasteiger partial charge is 0.307 e. The Balaban J connectivity index is 2.08. The van der Waals surface area contributed by atoms with Crippen LogP contribution in [0.1, 0.15) is 44.2 Å². The maximum atomic E-state index is 12.2. The quantitative estimate of drug-likeness (QED) is 0.862. The number of carbonyl (C=O) groups excluding carboxylic acids is 1. The minimum absolute atomic E-state index is 0.0461. The van der Waals surface area contributed by atoms with Gasteiger partial charge in [0.1, 0.15) is 6.54 Å². The Morgan fingerprint density at radius 2 is 2.05 bits per heavy atom. The van der Waals surface area contributed by atoms with Gasteiger partial charge < -0.3 is 10.4 Å². The Morgan fingerprint density at radius 3 is 2.57 bits per heavy atom. The zero-order valence-electron chi connectivity index (χ0n) is 12.1. The largest absolute Gasteiger partial charge is 0.481 e. The molecule has 0 aliphatic heterocycles. The van der Waals surface area contributed by atoms with Crippen molar-refractivity contribution >= 4 is 23.2 Å². The molecule has 0 atom stereocenters. The lowest BCUT2D eigenvalue weighted by molar-refractivity contribution is -0.139. The van der Waals surface area contributed by atoms with E-state index in [9.17, 15) is 14.4 Å². The first-order valence-electron chi connectivity index (χ1n) is 7.10. The molecule has 2 N–H and O–H groups in total. The maximum Gasteiger partial charge on any atom is 0.307 e. The van der Waals surface area contributed by atoms with Gasteiger partial charge in [-0.1, -0.05) is 30.6 Å². The minimum Gasteiger partial charge on any atom is -0.481 e. The highest BCUT2D eigenvalue weighted by atomic mass is 32.1. The van der Waals surface area contributed by atoms with Crippen molar-refractivity contribution in [1.29, 1.82) is 0 Å². The predicted molar refractivity (Wildman–Crippen MR) is 79.5 cm³/mol. The third-order valence-corrected chi connectivity index (χ3v) is 4.86. The lowest BCUT2D eigenvalue weighted by Gasteiger charge is -2.37. The number of aromatic nitrogens is 1. The van der Waals surface area contributed by atoms with E-state index in [0.717, 1.165) is 36.3 Å². The predicted octanol–water partition coefficient (Wildman–Crippen LogP) is 1.51. The molecular weight excluding hydrogens is 292 g/mol. The van der Waals surface area contributed by atoms with Crippen LogP contribution in [0.5, 0.6) is 0 Å². The molecule has 0 radical (unpaired) electrons. The molecule has 0 bridgehead atoms. The fraction of sp³-hybridized carbons (Fsp3) is 0.643. The van der Waals surface area contributed by atoms with Crippen LogP contribution in [0.25, 0.3) is 0 Å². The van der Waals surface area contributed by atoms with Gasteiger partial charge in [0.15, 0.2) is 0 Å². The van der Waals surface area contributed by atoms with Crippen molar-refractivity contribution in [3.8, 4) is 0 Å². The molecule has 1 heterocycles. The van der Waals surface area contributed by atoms with E-state index >= 15 is 0 Å². The van der Waals surface area contributed by atoms with Crippen LogP contribution >= 0.6 is 11.3 Å². The molecule has 1 amide bonds. The number of carbonyl (C=O) groups is 2. The number of carboxylic acid groups (broad SMARTS) is 1. The first-order chi connectivity index (χ1) is 9.92. The van der Waals surface area contributed by atoms with Crippen molar-refractivity contribution in [2.24, 2.45) is 0 Å². The number of nitrogens with one attached hydrogen (secondary N) is 1. The molecule has 21 heavy (non-hydrogen) atoms. The van der Waals surface area contributed by atoms with Crippen LogP contribution in [0.2, 0.25) is 0 Å². The Bertz CT molecular complexity index is 584. The summed E-state index contributed by atoms with van der Waals surface area (Å²) in [6.45, 7) is 1.73. The molecule has 7 heteroatoms. The van der Waals surface area contributed by atoms with E-state index in [2.05, 4.69) is 5.32 Å². The highest BCUT2D eigenvalue weighted by Gasteiger charge is 2.35. The fourth-order valence-electron chi connectivity index (χ4n) is 2.94. The van der Waals surface area contributed by atoms with Gasteiger partial charge in [0.25, 0.3) is 0 Å². The molecule has 2 rings (SSSR count). The molecule has 0 spiro atoms. The van der Waals surface area contributed by atoms with Gasteiger partial charge in [0.05, 0.1) is 12.0 Å². The molecule has 1 aliphatic carbocycles. The second-order valence-corrected chi connectivity index (χ2v) is 6.51. The summed E-state index contributed by atoms with van der Waals surface area (Å²) in [5.41, 5.74) is 0.0883. The molecule has 1 aliphatic rings. The van der Waals surface area contributed by atoms with E-state index in [1.165, 1.54) is 4.57 Å². The van der Waals surface area contributed by atoms with Crippen LogP contribution in [0, 0.1) is 6.92 Å². The van der Waals surface area contributed by atoms with Gasteiger partial charge in [-0.05, 0) is 19.8 Å². The molecule has 1 saturated carbocycles. The van der Waals surface area contributed by atoms with Gasteiger partial charge in [0, 0.05) is 11.1 Å². The lowest BCUT2D eigenvalue weighted by atomic mass is 9.79. The molecule has 0 saturated heterocycles.